The second kappa shape index (κ2) is 6.05. The molecule has 0 saturated carbocycles. The third-order valence-corrected chi connectivity index (χ3v) is 4.52. The molecule has 0 spiro atoms. The van der Waals surface area contributed by atoms with E-state index in [-0.39, 0.29) is 10.5 Å². The summed E-state index contributed by atoms with van der Waals surface area (Å²) in [5, 5.41) is 0. The Kier molecular flexibility index (Phi) is 4.37. The summed E-state index contributed by atoms with van der Waals surface area (Å²) in [6.07, 6.45) is 0. The summed E-state index contributed by atoms with van der Waals surface area (Å²) in [6.45, 7) is 0. The monoisotopic (exact) mass is 308 g/mol. The van der Waals surface area contributed by atoms with E-state index < -0.39 is 27.2 Å². The normalized spacial score (nSPS) is 11.1. The highest BCUT2D eigenvalue weighted by Gasteiger charge is 2.20. The molecule has 2 aromatic carbocycles. The van der Waals surface area contributed by atoms with Crippen molar-refractivity contribution < 1.29 is 22.3 Å². The fourth-order valence-electron chi connectivity index (χ4n) is 1.78. The molecule has 2 rings (SSSR count). The van der Waals surface area contributed by atoms with Crippen LogP contribution in [0, 0.1) is 5.82 Å². The Bertz CT molecular complexity index is 751. The number of halogens is 1. The molecule has 0 unspecified atom stereocenters. The molecule has 0 aliphatic rings. The van der Waals surface area contributed by atoms with Crippen molar-refractivity contribution in [3.8, 4) is 5.75 Å². The van der Waals surface area contributed by atoms with E-state index in [1.165, 1.54) is 49.6 Å². The van der Waals surface area contributed by atoms with Crippen LogP contribution in [0.1, 0.15) is 10.4 Å². The lowest BCUT2D eigenvalue weighted by molar-refractivity contribution is 0.102. The van der Waals surface area contributed by atoms with Gasteiger partial charge >= 0.3 is 0 Å². The van der Waals surface area contributed by atoms with Crippen LogP contribution in [0.4, 0.5) is 4.39 Å². The number of Topliss-reactive ketones (excluding diaryl/α,β-unsaturated/α-hetero) is 1. The highest BCUT2D eigenvalue weighted by Crippen LogP contribution is 2.18. The first-order valence-corrected chi connectivity index (χ1v) is 7.73. The number of hydrogen-bond donors (Lipinski definition) is 0. The van der Waals surface area contributed by atoms with Gasteiger partial charge in [-0.25, -0.2) is 12.8 Å². The molecule has 0 bridgehead atoms. The van der Waals surface area contributed by atoms with Crippen molar-refractivity contribution in [3.05, 3.63) is 59.9 Å². The highest BCUT2D eigenvalue weighted by molar-refractivity contribution is 7.92. The van der Waals surface area contributed by atoms with Gasteiger partial charge in [0.1, 0.15) is 17.3 Å². The van der Waals surface area contributed by atoms with Crippen LogP contribution in [-0.2, 0) is 9.84 Å². The lowest BCUT2D eigenvalue weighted by atomic mass is 10.1. The average Bonchev–Trinajstić information content (AvgIpc) is 2.47. The molecular weight excluding hydrogens is 295 g/mol. The topological polar surface area (TPSA) is 60.4 Å². The van der Waals surface area contributed by atoms with Crippen LogP contribution in [0.25, 0.3) is 0 Å². The molecule has 110 valence electrons. The summed E-state index contributed by atoms with van der Waals surface area (Å²) in [5.41, 5.74) is 0.0343. The maximum Gasteiger partial charge on any atom is 0.185 e. The van der Waals surface area contributed by atoms with Crippen molar-refractivity contribution in [1.82, 2.24) is 0 Å². The van der Waals surface area contributed by atoms with Crippen LogP contribution in [0.3, 0.4) is 0 Å². The van der Waals surface area contributed by atoms with E-state index in [1.54, 1.807) is 0 Å². The van der Waals surface area contributed by atoms with Crippen LogP contribution < -0.4 is 4.74 Å². The van der Waals surface area contributed by atoms with Gasteiger partial charge in [0.25, 0.3) is 0 Å². The Balaban J connectivity index is 2.22. The van der Waals surface area contributed by atoms with Crippen molar-refractivity contribution in [2.45, 2.75) is 4.90 Å². The lowest BCUT2D eigenvalue weighted by Crippen LogP contribution is -2.16. The zero-order chi connectivity index (χ0) is 15.5. The van der Waals surface area contributed by atoms with E-state index in [0.29, 0.717) is 5.75 Å². The van der Waals surface area contributed by atoms with Crippen LogP contribution in [0.5, 0.6) is 5.75 Å². The predicted octanol–water partition coefficient (Wildman–Crippen LogP) is 2.49. The molecule has 0 saturated heterocycles. The number of carbonyl (C=O) groups is 1. The van der Waals surface area contributed by atoms with E-state index in [9.17, 15) is 17.6 Å². The predicted molar refractivity (Wildman–Crippen MR) is 75.8 cm³/mol. The maximum absolute atomic E-state index is 13.1. The summed E-state index contributed by atoms with van der Waals surface area (Å²) in [6, 6.07) is 10.7. The van der Waals surface area contributed by atoms with Gasteiger partial charge in [-0.15, -0.1) is 0 Å². The van der Waals surface area contributed by atoms with Crippen molar-refractivity contribution in [3.63, 3.8) is 0 Å². The van der Waals surface area contributed by atoms with Crippen molar-refractivity contribution in [2.75, 3.05) is 12.9 Å². The standard InChI is InChI=1S/C15H13FO4S/c1-20-13-5-7-14(8-6-13)21(18,19)10-15(17)11-3-2-4-12(16)9-11/h2-9H,10H2,1H3. The zero-order valence-corrected chi connectivity index (χ0v) is 12.1. The Labute approximate surface area is 122 Å². The summed E-state index contributed by atoms with van der Waals surface area (Å²) in [4.78, 5) is 12.0. The molecule has 0 heterocycles. The van der Waals surface area contributed by atoms with Gasteiger partial charge in [0, 0.05) is 5.56 Å². The van der Waals surface area contributed by atoms with Crippen molar-refractivity contribution >= 4 is 15.6 Å². The first-order valence-electron chi connectivity index (χ1n) is 6.08. The largest absolute Gasteiger partial charge is 0.497 e. The summed E-state index contributed by atoms with van der Waals surface area (Å²) in [7, 11) is -2.30. The third kappa shape index (κ3) is 3.66. The van der Waals surface area contributed by atoms with Gasteiger partial charge in [-0.2, -0.15) is 0 Å². The number of hydrogen-bond acceptors (Lipinski definition) is 4. The van der Waals surface area contributed by atoms with E-state index in [4.69, 9.17) is 4.74 Å². The minimum Gasteiger partial charge on any atom is -0.497 e. The van der Waals surface area contributed by atoms with Crippen LogP contribution in [0.2, 0.25) is 0 Å². The number of rotatable bonds is 5. The van der Waals surface area contributed by atoms with Crippen LogP contribution in [0.15, 0.2) is 53.4 Å². The van der Waals surface area contributed by atoms with E-state index in [2.05, 4.69) is 0 Å². The van der Waals surface area contributed by atoms with Crippen LogP contribution in [-0.4, -0.2) is 27.1 Å². The molecule has 0 aliphatic carbocycles. The SMILES string of the molecule is COc1ccc(S(=O)(=O)CC(=O)c2cccc(F)c2)cc1. The van der Waals surface area contributed by atoms with Crippen molar-refractivity contribution in [2.24, 2.45) is 0 Å². The molecule has 6 heteroatoms. The van der Waals surface area contributed by atoms with E-state index in [1.807, 2.05) is 0 Å². The van der Waals surface area contributed by atoms with Crippen molar-refractivity contribution in [1.29, 1.82) is 0 Å². The Hall–Kier alpha value is -2.21. The molecular formula is C15H13FO4S. The van der Waals surface area contributed by atoms with Gasteiger partial charge in [0.15, 0.2) is 15.6 Å². The second-order valence-electron chi connectivity index (χ2n) is 4.37. The molecule has 21 heavy (non-hydrogen) atoms. The molecule has 0 aromatic heterocycles. The van der Waals surface area contributed by atoms with Gasteiger partial charge in [-0.3, -0.25) is 4.79 Å². The fourth-order valence-corrected chi connectivity index (χ4v) is 3.01. The summed E-state index contributed by atoms with van der Waals surface area (Å²) >= 11 is 0. The molecule has 2 aromatic rings. The number of methoxy groups -OCH3 is 1. The van der Waals surface area contributed by atoms with Gasteiger partial charge < -0.3 is 4.74 Å². The Morgan fingerprint density at radius 2 is 1.81 bits per heavy atom. The van der Waals surface area contributed by atoms with Gasteiger partial charge in [0.2, 0.25) is 0 Å². The molecule has 0 amide bonds. The first-order chi connectivity index (χ1) is 9.92. The highest BCUT2D eigenvalue weighted by atomic mass is 32.2. The number of ketones is 1. The van der Waals surface area contributed by atoms with E-state index in [0.717, 1.165) is 6.07 Å². The summed E-state index contributed by atoms with van der Waals surface area (Å²) < 4.78 is 42.3. The quantitative estimate of drug-likeness (QED) is 0.796. The number of sulfone groups is 1. The third-order valence-electron chi connectivity index (χ3n) is 2.89. The molecule has 0 fully saturated rings. The average molecular weight is 308 g/mol. The fraction of sp³-hybridized carbons (Fsp3) is 0.133. The van der Waals surface area contributed by atoms with Gasteiger partial charge in [0.05, 0.1) is 12.0 Å². The molecule has 0 N–H and O–H groups in total. The number of carbonyl (C=O) groups excluding carboxylic acids is 1. The number of benzene rings is 2. The zero-order valence-electron chi connectivity index (χ0n) is 11.2. The smallest absolute Gasteiger partial charge is 0.185 e. The van der Waals surface area contributed by atoms with E-state index >= 15 is 0 Å². The Morgan fingerprint density at radius 1 is 1.14 bits per heavy atom. The van der Waals surface area contributed by atoms with Gasteiger partial charge in [-0.05, 0) is 36.4 Å². The Morgan fingerprint density at radius 3 is 2.38 bits per heavy atom. The lowest BCUT2D eigenvalue weighted by Gasteiger charge is -2.05. The minimum absolute atomic E-state index is 0.0213. The maximum atomic E-state index is 13.1. The number of ether oxygens (including phenoxy) is 1. The molecule has 4 nitrogen and oxygen atoms in total. The molecule has 0 atom stereocenters. The first kappa shape index (κ1) is 15.2. The minimum atomic E-state index is -3.77. The second-order valence-corrected chi connectivity index (χ2v) is 6.36. The molecule has 0 radical (unpaired) electrons. The van der Waals surface area contributed by atoms with Gasteiger partial charge in [-0.1, -0.05) is 12.1 Å². The molecule has 0 aliphatic heterocycles. The summed E-state index contributed by atoms with van der Waals surface area (Å²) in [5.74, 6) is -1.42. The van der Waals surface area contributed by atoms with Crippen LogP contribution >= 0.6 is 0 Å².